The molecule has 0 unspecified atom stereocenters. The molecule has 7 aromatic heterocycles. The molecule has 0 fully saturated rings. The van der Waals surface area contributed by atoms with Gasteiger partial charge in [-0.05, 0) is 236 Å². The third-order valence-electron chi connectivity index (χ3n) is 14.2. The van der Waals surface area contributed by atoms with Crippen LogP contribution in [0.1, 0.15) is 113 Å². The molecule has 9 aromatic rings. The highest BCUT2D eigenvalue weighted by atomic mass is 79.9. The molecule has 0 aliphatic carbocycles. The molecule has 0 aliphatic heterocycles. The van der Waals surface area contributed by atoms with Gasteiger partial charge in [0.05, 0.1) is 50.5 Å². The lowest BCUT2D eigenvalue weighted by atomic mass is 10.1. The van der Waals surface area contributed by atoms with E-state index in [0.29, 0.717) is 0 Å². The fraction of sp³-hybridized carbons (Fsp3) is 0.511. The van der Waals surface area contributed by atoms with Crippen molar-refractivity contribution in [2.75, 3.05) is 223 Å². The van der Waals surface area contributed by atoms with Gasteiger partial charge in [-0.15, -0.1) is 28.6 Å². The van der Waals surface area contributed by atoms with Gasteiger partial charge in [0.2, 0.25) is 5.95 Å². The molecule has 0 amide bonds. The molecule has 117 heavy (non-hydrogen) atoms. The minimum Gasteiger partial charge on any atom is -0.464 e. The monoisotopic (exact) mass is 2240 g/mol. The molecular formula is C88H150Br9N17OS2. The van der Waals surface area contributed by atoms with Gasteiger partial charge < -0.3 is 53.5 Å². The molecule has 29 heteroatoms. The largest absolute Gasteiger partial charge is 0.464 e. The van der Waals surface area contributed by atoms with Crippen LogP contribution in [-0.2, 0) is 0 Å². The van der Waals surface area contributed by atoms with Gasteiger partial charge in [-0.1, -0.05) is 180 Å². The summed E-state index contributed by atoms with van der Waals surface area (Å²) >= 11 is 30.0. The molecule has 0 aliphatic rings. The number of furan rings is 1. The predicted octanol–water partition coefficient (Wildman–Crippen LogP) is 26.0. The third kappa shape index (κ3) is 59.7. The van der Waals surface area contributed by atoms with E-state index in [1.165, 1.54) is 76.7 Å². The second-order valence-corrected chi connectivity index (χ2v) is 28.8. The molecule has 0 spiro atoms. The summed E-state index contributed by atoms with van der Waals surface area (Å²) in [6.07, 6.45) is 7.87. The van der Waals surface area contributed by atoms with E-state index in [1.807, 2.05) is 250 Å². The number of nitrogens with zero attached hydrogens (tertiary/aromatic N) is 16. The van der Waals surface area contributed by atoms with Crippen molar-refractivity contribution in [3.8, 4) is 11.8 Å². The van der Waals surface area contributed by atoms with E-state index < -0.39 is 0 Å². The average Bonchev–Trinajstić information content (AvgIpc) is 1.47. The number of allylic oxidation sites excluding steroid dienone is 1. The van der Waals surface area contributed by atoms with Gasteiger partial charge in [0.15, 0.2) is 0 Å². The zero-order valence-electron chi connectivity index (χ0n) is 79.9. The van der Waals surface area contributed by atoms with Crippen LogP contribution >= 0.6 is 166 Å². The summed E-state index contributed by atoms with van der Waals surface area (Å²) in [4.78, 5) is 55.3. The van der Waals surface area contributed by atoms with E-state index in [-0.39, 0.29) is 0 Å². The second-order valence-electron chi connectivity index (χ2n) is 25.9. The van der Waals surface area contributed by atoms with Gasteiger partial charge in [0.25, 0.3) is 0 Å². The van der Waals surface area contributed by atoms with Crippen molar-refractivity contribution in [3.05, 3.63) is 178 Å². The molecule has 9 rings (SSSR count). The number of thiazole rings is 1. The fourth-order valence-electron chi connectivity index (χ4n) is 9.66. The lowest BCUT2D eigenvalue weighted by Crippen LogP contribution is -2.14. The Hall–Kier alpha value is -4.61. The van der Waals surface area contributed by atoms with Crippen LogP contribution in [0.25, 0.3) is 6.08 Å². The van der Waals surface area contributed by atoms with Crippen LogP contribution in [0.2, 0.25) is 0 Å². The number of hydrogen-bond acceptors (Lipinski definition) is 19. The maximum Gasteiger partial charge on any atom is 0.228 e. The van der Waals surface area contributed by atoms with Crippen LogP contribution in [0, 0.1) is 123 Å². The average molecular weight is 2250 g/mol. The highest BCUT2D eigenvalue weighted by Crippen LogP contribution is 2.28. The first-order chi connectivity index (χ1) is 55.0. The van der Waals surface area contributed by atoms with E-state index >= 15 is 0 Å². The highest BCUT2D eigenvalue weighted by molar-refractivity contribution is 9.10. The van der Waals surface area contributed by atoms with E-state index in [1.54, 1.807) is 17.5 Å². The van der Waals surface area contributed by atoms with E-state index in [2.05, 4.69) is 384 Å². The fourth-order valence-corrected chi connectivity index (χ4v) is 11.6. The minimum absolute atomic E-state index is 0.718. The maximum atomic E-state index is 5.33. The van der Waals surface area contributed by atoms with Crippen LogP contribution in [0.5, 0.6) is 0 Å². The van der Waals surface area contributed by atoms with E-state index in [0.717, 1.165) is 74.1 Å². The zero-order chi connectivity index (χ0) is 93.9. The predicted molar refractivity (Wildman–Crippen MR) is 571 cm³/mol. The first kappa shape index (κ1) is 130. The Labute approximate surface area is 798 Å². The van der Waals surface area contributed by atoms with Crippen molar-refractivity contribution in [1.29, 1.82) is 0 Å². The van der Waals surface area contributed by atoms with E-state index in [9.17, 15) is 0 Å². The molecule has 18 nitrogen and oxygen atoms in total. The first-order valence-corrected chi connectivity index (χ1v) is 52.4. The quantitative estimate of drug-likeness (QED) is 0.102. The number of anilines is 9. The molecule has 0 radical (unpaired) electrons. The number of benzene rings is 2. The second kappa shape index (κ2) is 79.8. The van der Waals surface area contributed by atoms with Crippen molar-refractivity contribution in [3.63, 3.8) is 0 Å². The number of halogens is 9. The smallest absolute Gasteiger partial charge is 0.228 e. The SMILES string of the molecule is CBr.CBr.CBr.CBr.CBr.CBr.CBr.CBr.CBr.CC#Cc1ccc(C)cc1N(C)C.CC=Cc1ccc(C)cc1N(C)C.Cc1cc(N(C)C)c(C)[nH]1.Cc1cc(N(C)C)c(C)o1.Cc1cc(N(C)C)c(C)s1.Cc1cnc(C)c(N(C)C)c1.Cc1cnc(C)c(N(C)C)n1.Cc1nc(C)nc(N(C)C)n1.Cc1nc(N(C)C)c(C)s1. The molecule has 0 atom stereocenters. The topological polar surface area (TPSA) is 148 Å². The Morgan fingerprint density at radius 3 is 1.11 bits per heavy atom. The Bertz CT molecular complexity index is 3710. The zero-order valence-corrected chi connectivity index (χ0v) is 95.8. The normalized spacial score (nSPS) is 8.84. The minimum atomic E-state index is 0.718. The van der Waals surface area contributed by atoms with Gasteiger partial charge in [-0.3, -0.25) is 9.97 Å². The third-order valence-corrected chi connectivity index (χ3v) is 16.0. The molecule has 0 saturated carbocycles. The number of aryl methyl sites for hydroxylation is 16. The van der Waals surface area contributed by atoms with Crippen LogP contribution in [0.4, 0.5) is 51.7 Å². The van der Waals surface area contributed by atoms with Gasteiger partial charge >= 0.3 is 0 Å². The number of pyridine rings is 1. The van der Waals surface area contributed by atoms with Crippen molar-refractivity contribution in [2.45, 2.75) is 125 Å². The van der Waals surface area contributed by atoms with Gasteiger partial charge in [-0.2, -0.15) is 9.97 Å². The molecule has 7 heterocycles. The van der Waals surface area contributed by atoms with Crippen molar-refractivity contribution in [1.82, 2.24) is 39.9 Å². The van der Waals surface area contributed by atoms with Crippen LogP contribution < -0.4 is 44.1 Å². The lowest BCUT2D eigenvalue weighted by molar-refractivity contribution is 0.504. The summed E-state index contributed by atoms with van der Waals surface area (Å²) < 4.78 is 5.33. The molecule has 1 N–H and O–H groups in total. The lowest BCUT2D eigenvalue weighted by Gasteiger charge is -2.16. The number of aromatic nitrogens is 8. The molecule has 668 valence electrons. The van der Waals surface area contributed by atoms with E-state index in [4.69, 9.17) is 4.42 Å². The molecular weight excluding hydrogens is 2090 g/mol. The summed E-state index contributed by atoms with van der Waals surface area (Å²) in [5.74, 6) is 28.6. The Morgan fingerprint density at radius 2 is 0.812 bits per heavy atom. The van der Waals surface area contributed by atoms with Crippen LogP contribution in [0.3, 0.4) is 0 Å². The summed E-state index contributed by atoms with van der Waals surface area (Å²) in [5.41, 5.74) is 19.1. The number of thiophene rings is 1. The Morgan fingerprint density at radius 1 is 0.385 bits per heavy atom. The number of hydrogen-bond donors (Lipinski definition) is 1. The highest BCUT2D eigenvalue weighted by Gasteiger charge is 2.09. The van der Waals surface area contributed by atoms with Crippen LogP contribution in [0.15, 0.2) is 83.6 Å². The van der Waals surface area contributed by atoms with Crippen molar-refractivity contribution < 1.29 is 4.42 Å². The standard InChI is InChI=1S/C12H17N.C12H15N.C9H14N2.C8H13N3.C8H14N2.C8H13NO.C8H13NS.C7H12N4.C7H12N2S.9CH3Br/c2*1-5-6-11-8-7-10(2)9-12(11)13(3)4;1-7-5-9(11(3)4)8(2)10-6-7;1-6-5-9-7(2)8(10-6)11(3)4;1-6-5-8(10(3)4)7(2)9-6;2*1-6-5-8(9(3)4)7(2)10-6;1-5-8-6(2)10-7(9-5)11(3)4;1-5-7(9(3)4)8-6(2)10-5;9*1-2/h5-9H,1-4H3;7-9H,1-4H3;5-6H,1-4H3;5H,1-4H3;5,9H,1-4H3;2*5H,1-4H3;1-4H3;1-4H3;9*1H3. The number of aromatic amines is 1. The Balaban J connectivity index is -0.000000156. The molecule has 0 bridgehead atoms. The van der Waals surface area contributed by atoms with Crippen molar-refractivity contribution in [2.24, 2.45) is 0 Å². The summed E-state index contributed by atoms with van der Waals surface area (Å²) in [6, 6.07) is 21.4. The molecule has 2 aromatic carbocycles. The number of alkyl halides is 9. The number of rotatable bonds is 10. The van der Waals surface area contributed by atoms with Gasteiger partial charge in [0, 0.05) is 183 Å². The summed E-state index contributed by atoms with van der Waals surface area (Å²) in [7, 11) is 36.3. The van der Waals surface area contributed by atoms with Gasteiger partial charge in [0.1, 0.15) is 34.8 Å². The van der Waals surface area contributed by atoms with Gasteiger partial charge in [-0.25, -0.2) is 15.0 Å². The first-order valence-electron chi connectivity index (χ1n) is 36.5. The summed E-state index contributed by atoms with van der Waals surface area (Å²) in [6.45, 7) is 36.3. The number of nitrogens with one attached hydrogen (secondary N) is 1. The number of H-pyrrole nitrogens is 1. The molecule has 0 saturated heterocycles. The maximum absolute atomic E-state index is 5.33. The Kier molecular flexibility index (Phi) is 89.0. The van der Waals surface area contributed by atoms with Crippen LogP contribution in [-0.4, -0.2) is 219 Å². The summed E-state index contributed by atoms with van der Waals surface area (Å²) in [5, 5.41) is 1.14. The van der Waals surface area contributed by atoms with Crippen molar-refractivity contribution >= 4 is 224 Å².